The molecular weight excluding hydrogens is 478 g/mol. The topological polar surface area (TPSA) is 102 Å². The first-order valence-electron chi connectivity index (χ1n) is 12.8. The summed E-state index contributed by atoms with van der Waals surface area (Å²) in [6.07, 6.45) is 9.51. The van der Waals surface area contributed by atoms with E-state index in [2.05, 4.69) is 51.6 Å². The number of piperazine rings is 1. The van der Waals surface area contributed by atoms with E-state index in [-0.39, 0.29) is 41.8 Å². The Hall–Kier alpha value is -2.49. The van der Waals surface area contributed by atoms with Crippen LogP contribution in [0.2, 0.25) is 0 Å². The number of nitrogens with zero attached hydrogens (tertiary/aromatic N) is 4. The number of anilines is 1. The van der Waals surface area contributed by atoms with Gasteiger partial charge in [0.2, 0.25) is 11.8 Å². The van der Waals surface area contributed by atoms with Crippen LogP contribution in [0.15, 0.2) is 35.8 Å². The molecule has 1 aromatic heterocycles. The summed E-state index contributed by atoms with van der Waals surface area (Å²) in [5, 5.41) is 10.3. The quantitative estimate of drug-likeness (QED) is 0.460. The Morgan fingerprint density at radius 2 is 2.06 bits per heavy atom. The first-order valence-corrected chi connectivity index (χ1v) is 13.2. The van der Waals surface area contributed by atoms with E-state index < -0.39 is 0 Å². The number of allylic oxidation sites excluding steroid dienone is 2. The number of carbonyl (C=O) groups excluding carboxylic acids is 2. The summed E-state index contributed by atoms with van der Waals surface area (Å²) < 4.78 is 0. The molecule has 1 aromatic rings. The van der Waals surface area contributed by atoms with Gasteiger partial charge in [-0.1, -0.05) is 44.5 Å². The number of halogens is 1. The molecule has 0 saturated carbocycles. The lowest BCUT2D eigenvalue weighted by atomic mass is 9.95. The molecule has 36 heavy (non-hydrogen) atoms. The van der Waals surface area contributed by atoms with Gasteiger partial charge in [0.25, 0.3) is 0 Å². The average molecular weight is 518 g/mol. The molecule has 0 aliphatic carbocycles. The second-order valence-corrected chi connectivity index (χ2v) is 10.4. The van der Waals surface area contributed by atoms with Crippen LogP contribution in [0.3, 0.4) is 0 Å². The molecule has 1 fully saturated rings. The molecule has 3 N–H and O–H groups in total. The third-order valence-corrected chi connectivity index (χ3v) is 7.12. The number of carbonyl (C=O) groups is 2. The molecule has 0 spiro atoms. The lowest BCUT2D eigenvalue weighted by Crippen LogP contribution is -2.58. The first-order chi connectivity index (χ1) is 17.2. The molecule has 0 bridgehead atoms. The lowest BCUT2D eigenvalue weighted by Gasteiger charge is -2.43. The van der Waals surface area contributed by atoms with Gasteiger partial charge in [-0.2, -0.15) is 0 Å². The molecule has 2 aliphatic heterocycles. The van der Waals surface area contributed by atoms with Gasteiger partial charge >= 0.3 is 0 Å². The monoisotopic (exact) mass is 517 g/mol. The maximum absolute atomic E-state index is 13.8. The minimum absolute atomic E-state index is 0.0144. The molecule has 0 radical (unpaired) electrons. The van der Waals surface area contributed by atoms with Crippen molar-refractivity contribution in [3.63, 3.8) is 0 Å². The highest BCUT2D eigenvalue weighted by molar-refractivity contribution is 6.31. The zero-order chi connectivity index (χ0) is 26.2. The van der Waals surface area contributed by atoms with E-state index in [0.29, 0.717) is 44.2 Å². The fourth-order valence-electron chi connectivity index (χ4n) is 4.75. The van der Waals surface area contributed by atoms with E-state index in [0.717, 1.165) is 11.4 Å². The van der Waals surface area contributed by atoms with Gasteiger partial charge in [-0.25, -0.2) is 9.97 Å². The number of hydrogen-bond donors (Lipinski definition) is 3. The van der Waals surface area contributed by atoms with E-state index in [1.807, 2.05) is 30.1 Å². The molecule has 3 rings (SSSR count). The van der Waals surface area contributed by atoms with Crippen LogP contribution in [0.1, 0.15) is 45.6 Å². The Balaban J connectivity index is 1.74. The van der Waals surface area contributed by atoms with E-state index in [4.69, 9.17) is 11.6 Å². The standard InChI is InChI=1S/C26H40ClN7O2/c1-17(2)31-14-22(23-7-6-20(27)8-9-30-23)26(36)33-10-11-34(19(4)15-33)25-21(13-29-16-32-25)18(3)12-24(35)28-5/h6-8,13,16-19,22-23,30-31H,9-12,14-15H2,1-5H3,(H,28,35)/t18-,19-,22-,23?/m1/s1. The van der Waals surface area contributed by atoms with Crippen molar-refractivity contribution >= 4 is 29.2 Å². The Kier molecular flexibility index (Phi) is 10.3. The molecule has 2 amide bonds. The summed E-state index contributed by atoms with van der Waals surface area (Å²) in [6, 6.07) is 0.236. The minimum Gasteiger partial charge on any atom is -0.359 e. The Morgan fingerprint density at radius 1 is 1.28 bits per heavy atom. The van der Waals surface area contributed by atoms with Crippen molar-refractivity contribution in [3.8, 4) is 0 Å². The second-order valence-electron chi connectivity index (χ2n) is 9.96. The predicted octanol–water partition coefficient (Wildman–Crippen LogP) is 2.02. The van der Waals surface area contributed by atoms with Gasteiger partial charge in [-0.15, -0.1) is 0 Å². The highest BCUT2D eigenvalue weighted by Crippen LogP contribution is 2.30. The van der Waals surface area contributed by atoms with Crippen LogP contribution in [0, 0.1) is 5.92 Å². The maximum atomic E-state index is 13.8. The Bertz CT molecular complexity index is 967. The van der Waals surface area contributed by atoms with Crippen molar-refractivity contribution in [2.45, 2.75) is 58.2 Å². The SMILES string of the molecule is CNC(=O)C[C@@H](C)c1cncnc1N1CCN(C(=O)[C@H](CNC(C)C)C2C=CC(Cl)=CCN2)C[C@H]1C. The summed E-state index contributed by atoms with van der Waals surface area (Å²) in [5.74, 6) is 0.687. The summed E-state index contributed by atoms with van der Waals surface area (Å²) in [6.45, 7) is 11.4. The number of rotatable bonds is 9. The van der Waals surface area contributed by atoms with Gasteiger partial charge in [-0.3, -0.25) is 9.59 Å². The number of aromatic nitrogens is 2. The van der Waals surface area contributed by atoms with Crippen molar-refractivity contribution in [2.24, 2.45) is 5.92 Å². The molecule has 1 saturated heterocycles. The van der Waals surface area contributed by atoms with Gasteiger partial charge in [-0.05, 0) is 18.9 Å². The molecule has 10 heteroatoms. The lowest BCUT2D eigenvalue weighted by molar-refractivity contribution is -0.136. The first kappa shape index (κ1) is 28.1. The Morgan fingerprint density at radius 3 is 2.75 bits per heavy atom. The van der Waals surface area contributed by atoms with Gasteiger partial charge in [0.05, 0.1) is 5.92 Å². The summed E-state index contributed by atoms with van der Waals surface area (Å²) in [7, 11) is 1.64. The predicted molar refractivity (Wildman–Crippen MR) is 144 cm³/mol. The van der Waals surface area contributed by atoms with Gasteiger partial charge in [0.1, 0.15) is 12.1 Å². The van der Waals surface area contributed by atoms with Crippen LogP contribution in [0.4, 0.5) is 5.82 Å². The summed E-state index contributed by atoms with van der Waals surface area (Å²) >= 11 is 6.20. The largest absolute Gasteiger partial charge is 0.359 e. The number of nitrogens with one attached hydrogen (secondary N) is 3. The normalized spacial score (nSPS) is 22.1. The summed E-state index contributed by atoms with van der Waals surface area (Å²) in [4.78, 5) is 38.8. The van der Waals surface area contributed by atoms with E-state index >= 15 is 0 Å². The third kappa shape index (κ3) is 7.27. The van der Waals surface area contributed by atoms with Gasteiger partial charge in [0, 0.05) is 81.1 Å². The second kappa shape index (κ2) is 13.2. The van der Waals surface area contributed by atoms with Crippen LogP contribution < -0.4 is 20.9 Å². The van der Waals surface area contributed by atoms with Crippen molar-refractivity contribution in [3.05, 3.63) is 41.3 Å². The van der Waals surface area contributed by atoms with Crippen LogP contribution in [0.5, 0.6) is 0 Å². The molecule has 4 atom stereocenters. The van der Waals surface area contributed by atoms with E-state index in [1.165, 1.54) is 0 Å². The smallest absolute Gasteiger partial charge is 0.229 e. The maximum Gasteiger partial charge on any atom is 0.229 e. The molecule has 1 unspecified atom stereocenters. The molecular formula is C26H40ClN7O2. The molecule has 2 aliphatic rings. The number of hydrogen-bond acceptors (Lipinski definition) is 7. The van der Waals surface area contributed by atoms with E-state index in [9.17, 15) is 9.59 Å². The van der Waals surface area contributed by atoms with Crippen molar-refractivity contribution in [2.75, 3.05) is 44.7 Å². The summed E-state index contributed by atoms with van der Waals surface area (Å²) in [5.41, 5.74) is 0.948. The average Bonchev–Trinajstić information content (AvgIpc) is 3.08. The fourth-order valence-corrected chi connectivity index (χ4v) is 4.90. The molecule has 9 nitrogen and oxygen atoms in total. The Labute approximate surface area is 219 Å². The van der Waals surface area contributed by atoms with Crippen LogP contribution in [-0.2, 0) is 9.59 Å². The molecule has 198 valence electrons. The van der Waals surface area contributed by atoms with Crippen molar-refractivity contribution in [1.29, 1.82) is 0 Å². The van der Waals surface area contributed by atoms with Crippen LogP contribution in [-0.4, -0.2) is 84.6 Å². The molecule has 3 heterocycles. The van der Waals surface area contributed by atoms with Crippen molar-refractivity contribution in [1.82, 2.24) is 30.8 Å². The van der Waals surface area contributed by atoms with Crippen LogP contribution in [0.25, 0.3) is 0 Å². The van der Waals surface area contributed by atoms with E-state index in [1.54, 1.807) is 19.6 Å². The van der Waals surface area contributed by atoms with Crippen molar-refractivity contribution < 1.29 is 9.59 Å². The number of amides is 2. The van der Waals surface area contributed by atoms with Crippen LogP contribution >= 0.6 is 11.6 Å². The fraction of sp³-hybridized carbons (Fsp3) is 0.615. The highest BCUT2D eigenvalue weighted by atomic mass is 35.5. The molecule has 0 aromatic carbocycles. The highest BCUT2D eigenvalue weighted by Gasteiger charge is 2.35. The zero-order valence-electron chi connectivity index (χ0n) is 22.0. The van der Waals surface area contributed by atoms with Gasteiger partial charge in [0.15, 0.2) is 0 Å². The van der Waals surface area contributed by atoms with Gasteiger partial charge < -0.3 is 25.8 Å². The minimum atomic E-state index is -0.249. The third-order valence-electron chi connectivity index (χ3n) is 6.84. The zero-order valence-corrected chi connectivity index (χ0v) is 22.8.